The SMILES string of the molecule is C1=CC2=NNPC2C(c2cccc3n[nH]pc23)=C1. The van der Waals surface area contributed by atoms with Crippen molar-refractivity contribution in [2.24, 2.45) is 5.10 Å². The Hall–Kier alpha value is -1.50. The van der Waals surface area contributed by atoms with E-state index in [1.807, 2.05) is 0 Å². The summed E-state index contributed by atoms with van der Waals surface area (Å²) in [4.78, 5) is 3.04. The molecule has 18 heavy (non-hydrogen) atoms. The Morgan fingerprint density at radius 2 is 2.33 bits per heavy atom. The molecule has 0 saturated heterocycles. The average Bonchev–Trinajstić information content (AvgIpc) is 3.06. The first kappa shape index (κ1) is 10.4. The molecule has 4 rings (SSSR count). The van der Waals surface area contributed by atoms with Gasteiger partial charge in [-0.15, -0.1) is 0 Å². The maximum atomic E-state index is 4.34. The number of hydrazone groups is 1. The van der Waals surface area contributed by atoms with Crippen molar-refractivity contribution in [1.29, 1.82) is 0 Å². The topological polar surface area (TPSA) is 53.1 Å². The molecule has 2 aromatic rings. The van der Waals surface area contributed by atoms with Gasteiger partial charge in [0, 0.05) is 17.1 Å². The number of allylic oxidation sites excluding steroid dienone is 4. The number of aromatic amines is 1. The predicted octanol–water partition coefficient (Wildman–Crippen LogP) is 3.02. The third-order valence-corrected chi connectivity index (χ3v) is 5.23. The molecule has 1 aromatic heterocycles. The lowest BCUT2D eigenvalue weighted by molar-refractivity contribution is 1.13. The highest BCUT2D eigenvalue weighted by atomic mass is 31.1. The Kier molecular flexibility index (Phi) is 2.32. The Morgan fingerprint density at radius 1 is 1.33 bits per heavy atom. The van der Waals surface area contributed by atoms with Crippen molar-refractivity contribution >= 4 is 39.0 Å². The second-order valence-corrected chi connectivity index (χ2v) is 6.16. The summed E-state index contributed by atoms with van der Waals surface area (Å²) in [5.41, 5.74) is 5.24. The molecule has 0 spiro atoms. The number of fused-ring (bicyclic) bond motifs is 2. The zero-order valence-electron chi connectivity index (χ0n) is 9.38. The molecule has 2 unspecified atom stereocenters. The summed E-state index contributed by atoms with van der Waals surface area (Å²) in [7, 11) is 1.71. The van der Waals surface area contributed by atoms with Crippen molar-refractivity contribution in [3.63, 3.8) is 0 Å². The molecule has 1 aliphatic carbocycles. The number of nitrogens with one attached hydrogen (secondary N) is 2. The summed E-state index contributed by atoms with van der Waals surface area (Å²) >= 11 is 0. The second kappa shape index (κ2) is 4.01. The van der Waals surface area contributed by atoms with Gasteiger partial charge in [0.25, 0.3) is 0 Å². The van der Waals surface area contributed by atoms with Gasteiger partial charge < -0.3 is 0 Å². The molecule has 1 aromatic carbocycles. The molecule has 0 bridgehead atoms. The molecule has 0 amide bonds. The summed E-state index contributed by atoms with van der Waals surface area (Å²) in [6.07, 6.45) is 6.37. The minimum Gasteiger partial charge on any atom is -0.291 e. The van der Waals surface area contributed by atoms with Gasteiger partial charge in [-0.3, -0.25) is 10.1 Å². The highest BCUT2D eigenvalue weighted by Crippen LogP contribution is 2.40. The lowest BCUT2D eigenvalue weighted by Gasteiger charge is -2.17. The van der Waals surface area contributed by atoms with Crippen LogP contribution in [-0.4, -0.2) is 21.3 Å². The number of aromatic nitrogens is 2. The van der Waals surface area contributed by atoms with Crippen LogP contribution in [0.5, 0.6) is 0 Å². The molecular weight excluding hydrogens is 262 g/mol. The summed E-state index contributed by atoms with van der Waals surface area (Å²) in [6.45, 7) is 0. The maximum Gasteiger partial charge on any atom is 0.0975 e. The molecule has 1 aliphatic heterocycles. The van der Waals surface area contributed by atoms with Gasteiger partial charge in [0.2, 0.25) is 0 Å². The first-order valence-electron chi connectivity index (χ1n) is 5.70. The van der Waals surface area contributed by atoms with E-state index in [-0.39, 0.29) is 0 Å². The van der Waals surface area contributed by atoms with E-state index in [2.05, 4.69) is 56.7 Å². The van der Waals surface area contributed by atoms with Crippen LogP contribution in [0.4, 0.5) is 0 Å². The number of benzene rings is 1. The highest BCUT2D eigenvalue weighted by Gasteiger charge is 2.27. The summed E-state index contributed by atoms with van der Waals surface area (Å²) in [5.74, 6) is 0. The Morgan fingerprint density at radius 3 is 3.33 bits per heavy atom. The van der Waals surface area contributed by atoms with Gasteiger partial charge in [-0.2, -0.15) is 10.2 Å². The van der Waals surface area contributed by atoms with Crippen LogP contribution < -0.4 is 5.20 Å². The van der Waals surface area contributed by atoms with Gasteiger partial charge in [0.15, 0.2) is 0 Å². The summed E-state index contributed by atoms with van der Waals surface area (Å²) in [6, 6.07) is 6.30. The fourth-order valence-electron chi connectivity index (χ4n) is 2.36. The van der Waals surface area contributed by atoms with Crippen molar-refractivity contribution in [3.8, 4) is 0 Å². The molecule has 2 N–H and O–H groups in total. The van der Waals surface area contributed by atoms with Gasteiger partial charge in [0.1, 0.15) is 0 Å². The van der Waals surface area contributed by atoms with E-state index < -0.39 is 0 Å². The number of rotatable bonds is 1. The van der Waals surface area contributed by atoms with Crippen molar-refractivity contribution in [3.05, 3.63) is 42.0 Å². The third kappa shape index (κ3) is 1.46. The van der Waals surface area contributed by atoms with E-state index in [4.69, 9.17) is 0 Å². The van der Waals surface area contributed by atoms with Crippen LogP contribution in [0.2, 0.25) is 0 Å². The fraction of sp³-hybridized carbons (Fsp3) is 0.0833. The first-order valence-corrected chi connectivity index (χ1v) is 7.67. The molecule has 0 saturated carbocycles. The Balaban J connectivity index is 1.92. The van der Waals surface area contributed by atoms with Gasteiger partial charge in [-0.1, -0.05) is 24.3 Å². The van der Waals surface area contributed by atoms with Crippen molar-refractivity contribution in [1.82, 2.24) is 15.2 Å². The second-order valence-electron chi connectivity index (χ2n) is 4.20. The molecule has 6 heteroatoms. The van der Waals surface area contributed by atoms with Crippen LogP contribution in [-0.2, 0) is 0 Å². The van der Waals surface area contributed by atoms with E-state index in [0.29, 0.717) is 14.4 Å². The van der Waals surface area contributed by atoms with Crippen LogP contribution in [0, 0.1) is 0 Å². The molecule has 2 atom stereocenters. The van der Waals surface area contributed by atoms with Crippen LogP contribution in [0.3, 0.4) is 0 Å². The van der Waals surface area contributed by atoms with E-state index in [0.717, 1.165) is 19.6 Å². The molecule has 0 fully saturated rings. The molecule has 2 heterocycles. The lowest BCUT2D eigenvalue weighted by Crippen LogP contribution is -2.14. The number of hydrogen-bond acceptors (Lipinski definition) is 3. The molecule has 88 valence electrons. The molecular formula is C12H10N4P2. The van der Waals surface area contributed by atoms with Crippen molar-refractivity contribution < 1.29 is 0 Å². The van der Waals surface area contributed by atoms with Crippen molar-refractivity contribution in [2.45, 2.75) is 5.66 Å². The van der Waals surface area contributed by atoms with E-state index >= 15 is 0 Å². The molecule has 4 nitrogen and oxygen atoms in total. The van der Waals surface area contributed by atoms with Crippen LogP contribution >= 0.6 is 17.1 Å². The van der Waals surface area contributed by atoms with Gasteiger partial charge in [-0.25, -0.2) is 0 Å². The fourth-order valence-corrected chi connectivity index (χ4v) is 4.22. The summed E-state index contributed by atoms with van der Waals surface area (Å²) in [5, 5.41) is 13.0. The first-order chi connectivity index (χ1) is 8.93. The largest absolute Gasteiger partial charge is 0.291 e. The predicted molar refractivity (Wildman–Crippen MR) is 78.4 cm³/mol. The van der Waals surface area contributed by atoms with Gasteiger partial charge in [-0.05, 0) is 23.3 Å². The smallest absolute Gasteiger partial charge is 0.0975 e. The number of nitrogens with zero attached hydrogens (tertiary/aromatic N) is 2. The zero-order valence-corrected chi connectivity index (χ0v) is 11.3. The van der Waals surface area contributed by atoms with Gasteiger partial charge >= 0.3 is 0 Å². The normalized spacial score (nSPS) is 23.2. The maximum absolute atomic E-state index is 4.34. The van der Waals surface area contributed by atoms with Crippen LogP contribution in [0.15, 0.2) is 41.5 Å². The van der Waals surface area contributed by atoms with Crippen LogP contribution in [0.1, 0.15) is 5.56 Å². The van der Waals surface area contributed by atoms with Gasteiger partial charge in [0.05, 0.1) is 22.0 Å². The minimum atomic E-state index is 0.400. The number of H-pyrrole nitrogens is 1. The lowest BCUT2D eigenvalue weighted by atomic mass is 9.95. The quantitative estimate of drug-likeness (QED) is 0.784. The number of hydrogen-bond donors (Lipinski definition) is 2. The zero-order chi connectivity index (χ0) is 11.9. The standard InChI is InChI=1S/C12H10N4P2/c1-3-7(11-9(5-1)13-15-17-11)8-4-2-6-10-12(8)18-16-14-10/h1-6,11,15,17H,(H,14,16). The molecule has 2 aliphatic rings. The van der Waals surface area contributed by atoms with Crippen molar-refractivity contribution in [2.75, 3.05) is 0 Å². The third-order valence-electron chi connectivity index (χ3n) is 3.20. The van der Waals surface area contributed by atoms with E-state index in [1.54, 1.807) is 0 Å². The monoisotopic (exact) mass is 272 g/mol. The highest BCUT2D eigenvalue weighted by molar-refractivity contribution is 7.39. The Labute approximate surface area is 107 Å². The Bertz CT molecular complexity index is 714. The minimum absolute atomic E-state index is 0.400. The molecule has 0 radical (unpaired) electrons. The van der Waals surface area contributed by atoms with Crippen LogP contribution in [0.25, 0.3) is 16.2 Å². The summed E-state index contributed by atoms with van der Waals surface area (Å²) < 4.78 is 0. The van der Waals surface area contributed by atoms with E-state index in [9.17, 15) is 0 Å². The van der Waals surface area contributed by atoms with E-state index in [1.165, 1.54) is 16.3 Å². The average molecular weight is 272 g/mol.